The molecule has 110 valence electrons. The van der Waals surface area contributed by atoms with Gasteiger partial charge in [-0.2, -0.15) is 0 Å². The summed E-state index contributed by atoms with van der Waals surface area (Å²) >= 11 is 2.32. The molecule has 7 nitrogen and oxygen atoms in total. The van der Waals surface area contributed by atoms with Gasteiger partial charge in [0.25, 0.3) is 0 Å². The number of carbonyl (C=O) groups is 3. The molecule has 2 rings (SSSR count). The Morgan fingerprint density at radius 1 is 1.45 bits per heavy atom. The first-order chi connectivity index (χ1) is 9.34. The lowest BCUT2D eigenvalue weighted by molar-refractivity contribution is -0.156. The van der Waals surface area contributed by atoms with Crippen LogP contribution in [0.2, 0.25) is 0 Å². The second kappa shape index (κ2) is 5.66. The lowest BCUT2D eigenvalue weighted by Crippen LogP contribution is -2.60. The first-order valence-corrected chi connectivity index (χ1v) is 7.71. The van der Waals surface area contributed by atoms with Crippen LogP contribution >= 0.6 is 23.5 Å². The van der Waals surface area contributed by atoms with Gasteiger partial charge in [0.2, 0.25) is 5.91 Å². The van der Waals surface area contributed by atoms with Crippen molar-refractivity contribution in [1.82, 2.24) is 4.90 Å². The quantitative estimate of drug-likeness (QED) is 0.601. The highest BCUT2D eigenvalue weighted by Crippen LogP contribution is 2.53. The Bertz CT molecular complexity index is 503. The Kier molecular flexibility index (Phi) is 4.31. The van der Waals surface area contributed by atoms with E-state index in [4.69, 9.17) is 5.11 Å². The number of carboxylic acids is 2. The molecule has 2 aliphatic heterocycles. The lowest BCUT2D eigenvalue weighted by Gasteiger charge is -2.43. The van der Waals surface area contributed by atoms with Crippen molar-refractivity contribution in [3.05, 3.63) is 9.93 Å². The molecule has 3 atom stereocenters. The summed E-state index contributed by atoms with van der Waals surface area (Å²) in [5.41, 5.74) is -0.0997. The smallest absolute Gasteiger partial charge is 0.354 e. The van der Waals surface area contributed by atoms with E-state index in [1.165, 1.54) is 23.6 Å². The van der Waals surface area contributed by atoms with Crippen molar-refractivity contribution in [1.29, 1.82) is 0 Å². The molecule has 0 aromatic carbocycles. The molecule has 2 aliphatic rings. The number of carbonyl (C=O) groups excluding carboxylic acids is 1. The molecule has 0 saturated carbocycles. The lowest BCUT2D eigenvalue weighted by atomic mass is 9.92. The van der Waals surface area contributed by atoms with E-state index < -0.39 is 35.2 Å². The predicted molar refractivity (Wildman–Crippen MR) is 72.8 cm³/mol. The van der Waals surface area contributed by atoms with Gasteiger partial charge < -0.3 is 15.3 Å². The normalized spacial score (nSPS) is 26.3. The second-order valence-electron chi connectivity index (χ2n) is 4.42. The SMILES string of the molecule is CC(O)[C@H]1C(=O)N2C(C(=O)O)=C(SCCC(=O)O)S[C@H]12. The Morgan fingerprint density at radius 2 is 2.10 bits per heavy atom. The number of carboxylic acid groups (broad SMARTS) is 2. The summed E-state index contributed by atoms with van der Waals surface area (Å²) in [4.78, 5) is 34.8. The van der Waals surface area contributed by atoms with Crippen LogP contribution in [0.1, 0.15) is 13.3 Å². The molecule has 0 aliphatic carbocycles. The Balaban J connectivity index is 2.13. The first kappa shape index (κ1) is 15.2. The minimum absolute atomic E-state index is 0.0833. The third kappa shape index (κ3) is 2.52. The third-order valence-electron chi connectivity index (χ3n) is 3.02. The molecule has 1 amide bonds. The summed E-state index contributed by atoms with van der Waals surface area (Å²) in [6, 6.07) is 0. The van der Waals surface area contributed by atoms with Crippen molar-refractivity contribution >= 4 is 41.4 Å². The van der Waals surface area contributed by atoms with Gasteiger partial charge in [-0.25, -0.2) is 4.79 Å². The molecule has 0 aromatic rings. The van der Waals surface area contributed by atoms with Gasteiger partial charge in [0.15, 0.2) is 5.70 Å². The third-order valence-corrected chi connectivity index (χ3v) is 5.68. The fourth-order valence-electron chi connectivity index (χ4n) is 2.08. The van der Waals surface area contributed by atoms with Crippen LogP contribution in [0.5, 0.6) is 0 Å². The zero-order valence-corrected chi connectivity index (χ0v) is 12.1. The number of aliphatic hydroxyl groups is 1. The van der Waals surface area contributed by atoms with Crippen molar-refractivity contribution in [2.24, 2.45) is 5.92 Å². The summed E-state index contributed by atoms with van der Waals surface area (Å²) in [5, 5.41) is 26.9. The number of nitrogens with zero attached hydrogens (tertiary/aromatic N) is 1. The molecule has 0 bridgehead atoms. The molecule has 0 spiro atoms. The zero-order chi connectivity index (χ0) is 15.0. The van der Waals surface area contributed by atoms with Gasteiger partial charge in [0.1, 0.15) is 5.37 Å². The minimum atomic E-state index is -1.21. The van der Waals surface area contributed by atoms with Crippen LogP contribution in [0, 0.1) is 5.92 Å². The van der Waals surface area contributed by atoms with Gasteiger partial charge in [-0.15, -0.1) is 11.8 Å². The Hall–Kier alpha value is -1.19. The van der Waals surface area contributed by atoms with Crippen molar-refractivity contribution < 1.29 is 29.7 Å². The zero-order valence-electron chi connectivity index (χ0n) is 10.5. The first-order valence-electron chi connectivity index (χ1n) is 5.84. The predicted octanol–water partition coefficient (Wildman–Crippen LogP) is 0.360. The van der Waals surface area contributed by atoms with E-state index in [9.17, 15) is 24.6 Å². The van der Waals surface area contributed by atoms with E-state index in [-0.39, 0.29) is 17.9 Å². The number of amides is 1. The number of hydrogen-bond donors (Lipinski definition) is 3. The van der Waals surface area contributed by atoms with E-state index in [1.54, 1.807) is 0 Å². The monoisotopic (exact) mass is 319 g/mol. The largest absolute Gasteiger partial charge is 0.481 e. The number of fused-ring (bicyclic) bond motifs is 1. The van der Waals surface area contributed by atoms with Gasteiger partial charge in [-0.1, -0.05) is 11.8 Å². The van der Waals surface area contributed by atoms with Crippen LogP contribution in [-0.4, -0.2) is 55.3 Å². The Labute approximate surface area is 123 Å². The van der Waals surface area contributed by atoms with Gasteiger partial charge >= 0.3 is 11.9 Å². The van der Waals surface area contributed by atoms with Crippen molar-refractivity contribution in [2.45, 2.75) is 24.8 Å². The maximum Gasteiger partial charge on any atom is 0.354 e. The summed E-state index contributed by atoms with van der Waals surface area (Å²) < 4.78 is 0.431. The Morgan fingerprint density at radius 3 is 2.60 bits per heavy atom. The number of hydrogen-bond acceptors (Lipinski definition) is 6. The topological polar surface area (TPSA) is 115 Å². The highest BCUT2D eigenvalue weighted by atomic mass is 32.2. The van der Waals surface area contributed by atoms with Gasteiger partial charge in [0, 0.05) is 5.75 Å². The van der Waals surface area contributed by atoms with Crippen LogP contribution in [-0.2, 0) is 14.4 Å². The molecule has 9 heteroatoms. The fraction of sp³-hybridized carbons (Fsp3) is 0.545. The van der Waals surface area contributed by atoms with Crippen molar-refractivity contribution in [3.8, 4) is 0 Å². The highest BCUT2D eigenvalue weighted by molar-refractivity contribution is 8.22. The number of β-lactam (4-membered cyclic amide) rings is 1. The maximum absolute atomic E-state index is 11.9. The summed E-state index contributed by atoms with van der Waals surface area (Å²) in [6.45, 7) is 1.50. The van der Waals surface area contributed by atoms with E-state index in [0.717, 1.165) is 11.8 Å². The van der Waals surface area contributed by atoms with Gasteiger partial charge in [0.05, 0.1) is 22.7 Å². The maximum atomic E-state index is 11.9. The summed E-state index contributed by atoms with van der Waals surface area (Å²) in [5.74, 6) is -2.94. The van der Waals surface area contributed by atoms with Crippen LogP contribution in [0.3, 0.4) is 0 Å². The minimum Gasteiger partial charge on any atom is -0.481 e. The molecule has 20 heavy (non-hydrogen) atoms. The average molecular weight is 319 g/mol. The number of aliphatic hydroxyl groups excluding tert-OH is 1. The average Bonchev–Trinajstić information content (AvgIpc) is 2.63. The molecule has 0 radical (unpaired) electrons. The van der Waals surface area contributed by atoms with E-state index in [2.05, 4.69) is 0 Å². The van der Waals surface area contributed by atoms with Gasteiger partial charge in [-0.3, -0.25) is 14.5 Å². The van der Waals surface area contributed by atoms with Crippen molar-refractivity contribution in [3.63, 3.8) is 0 Å². The molecule has 0 aromatic heterocycles. The highest BCUT2D eigenvalue weighted by Gasteiger charge is 2.57. The fourth-order valence-corrected chi connectivity index (χ4v) is 5.01. The number of aliphatic carboxylic acids is 2. The summed E-state index contributed by atoms with van der Waals surface area (Å²) in [7, 11) is 0. The van der Waals surface area contributed by atoms with Gasteiger partial charge in [-0.05, 0) is 6.92 Å². The number of thioether (sulfide) groups is 2. The molecular weight excluding hydrogens is 306 g/mol. The molecule has 3 N–H and O–H groups in total. The van der Waals surface area contributed by atoms with Crippen LogP contribution in [0.15, 0.2) is 9.93 Å². The van der Waals surface area contributed by atoms with E-state index in [1.807, 2.05) is 0 Å². The van der Waals surface area contributed by atoms with E-state index in [0.29, 0.717) is 4.24 Å². The van der Waals surface area contributed by atoms with Crippen LogP contribution < -0.4 is 0 Å². The number of rotatable bonds is 6. The van der Waals surface area contributed by atoms with E-state index >= 15 is 0 Å². The molecule has 1 saturated heterocycles. The van der Waals surface area contributed by atoms with Crippen LogP contribution in [0.4, 0.5) is 0 Å². The molecule has 1 unspecified atom stereocenters. The molecular formula is C11H13NO6S2. The summed E-state index contributed by atoms with van der Waals surface area (Å²) in [6.07, 6.45) is -0.922. The van der Waals surface area contributed by atoms with Crippen LogP contribution in [0.25, 0.3) is 0 Å². The standard InChI is InChI=1S/C11H13NO6S2/c1-4(13)6-8(16)12-7(10(17)18)11(20-9(6)12)19-3-2-5(14)15/h4,6,9,13H,2-3H2,1H3,(H,14,15)(H,17,18)/t4?,6-,9+/m0/s1. The second-order valence-corrected chi connectivity index (χ2v) is 6.91. The molecule has 1 fully saturated rings. The molecule has 2 heterocycles. The van der Waals surface area contributed by atoms with Crippen molar-refractivity contribution in [2.75, 3.05) is 5.75 Å².